The molecule has 4 rings (SSSR count). The van der Waals surface area contributed by atoms with Gasteiger partial charge >= 0.3 is 0 Å². The summed E-state index contributed by atoms with van der Waals surface area (Å²) in [4.78, 5) is -0.708. The van der Waals surface area contributed by atoms with Gasteiger partial charge in [-0.3, -0.25) is 0 Å². The first kappa shape index (κ1) is 15.0. The molecular weight excluding hydrogens is 340 g/mol. The van der Waals surface area contributed by atoms with Gasteiger partial charge in [-0.2, -0.15) is 17.6 Å². The Morgan fingerprint density at radius 1 is 0.625 bits per heavy atom. The van der Waals surface area contributed by atoms with Crippen molar-refractivity contribution in [2.75, 3.05) is 0 Å². The van der Waals surface area contributed by atoms with E-state index in [0.29, 0.717) is 9.40 Å². The van der Waals surface area contributed by atoms with Crippen molar-refractivity contribution >= 4 is 30.6 Å². The van der Waals surface area contributed by atoms with Crippen LogP contribution in [0, 0.1) is 23.3 Å². The molecule has 120 valence electrons. The Balaban J connectivity index is 2.26. The van der Waals surface area contributed by atoms with E-state index in [9.17, 15) is 22.7 Å². The molecule has 6 heteroatoms. The van der Waals surface area contributed by atoms with Gasteiger partial charge < -0.3 is 5.11 Å². The lowest BCUT2D eigenvalue weighted by atomic mass is 10.2. The highest BCUT2D eigenvalue weighted by Crippen LogP contribution is 2.51. The van der Waals surface area contributed by atoms with Crippen molar-refractivity contribution in [3.05, 3.63) is 71.8 Å². The lowest BCUT2D eigenvalue weighted by molar-refractivity contribution is 0.359. The summed E-state index contributed by atoms with van der Waals surface area (Å²) in [6.07, 6.45) is 0. The van der Waals surface area contributed by atoms with Crippen LogP contribution in [0.4, 0.5) is 17.6 Å². The highest BCUT2D eigenvalue weighted by atomic mass is 32.2. The van der Waals surface area contributed by atoms with Crippen molar-refractivity contribution < 1.29 is 22.7 Å². The van der Waals surface area contributed by atoms with Crippen molar-refractivity contribution in [2.24, 2.45) is 0 Å². The fourth-order valence-corrected chi connectivity index (χ4v) is 5.29. The number of thiophene rings is 1. The quantitative estimate of drug-likeness (QED) is 0.254. The van der Waals surface area contributed by atoms with E-state index in [0.717, 1.165) is 10.8 Å². The second-order valence-corrected chi connectivity index (χ2v) is 7.13. The van der Waals surface area contributed by atoms with Crippen LogP contribution in [-0.2, 0) is 0 Å². The van der Waals surface area contributed by atoms with Crippen LogP contribution >= 0.6 is 10.5 Å². The van der Waals surface area contributed by atoms with E-state index in [2.05, 4.69) is 0 Å². The molecule has 1 N–H and O–H groups in total. The zero-order valence-electron chi connectivity index (χ0n) is 12.0. The first-order valence-corrected chi connectivity index (χ1v) is 8.22. The summed E-state index contributed by atoms with van der Waals surface area (Å²) in [5, 5.41) is 10.7. The average Bonchev–Trinajstić information content (AvgIpc) is 2.94. The third-order valence-corrected chi connectivity index (χ3v) is 6.27. The highest BCUT2D eigenvalue weighted by Gasteiger charge is 2.36. The van der Waals surface area contributed by atoms with Crippen molar-refractivity contribution in [1.29, 1.82) is 0 Å². The Kier molecular flexibility index (Phi) is 3.25. The number of benzene rings is 3. The molecule has 0 aliphatic heterocycles. The molecule has 3 aromatic carbocycles. The monoisotopic (exact) mass is 349 g/mol. The van der Waals surface area contributed by atoms with Gasteiger partial charge in [-0.25, -0.2) is 0 Å². The predicted molar refractivity (Wildman–Crippen MR) is 86.8 cm³/mol. The van der Waals surface area contributed by atoms with Gasteiger partial charge in [0.05, 0.1) is 0 Å². The second kappa shape index (κ2) is 5.21. The number of rotatable bonds is 1. The van der Waals surface area contributed by atoms with Gasteiger partial charge in [0.25, 0.3) is 4.90 Å². The van der Waals surface area contributed by atoms with Crippen LogP contribution in [0.15, 0.2) is 48.5 Å². The van der Waals surface area contributed by atoms with Crippen molar-refractivity contribution in [3.8, 4) is 10.6 Å². The largest absolute Gasteiger partial charge is 0.503 e. The Bertz CT molecular complexity index is 1030. The minimum atomic E-state index is -1.78. The normalized spacial score (nSPS) is 11.5. The van der Waals surface area contributed by atoms with Crippen molar-refractivity contribution in [3.63, 3.8) is 0 Å². The predicted octanol–water partition coefficient (Wildman–Crippen LogP) is 5.99. The van der Waals surface area contributed by atoms with Crippen LogP contribution in [0.2, 0.25) is 0 Å². The molecule has 1 heterocycles. The first-order chi connectivity index (χ1) is 11.5. The van der Waals surface area contributed by atoms with Crippen LogP contribution in [0.5, 0.6) is 5.75 Å². The van der Waals surface area contributed by atoms with Gasteiger partial charge in [0.1, 0.15) is 0 Å². The smallest absolute Gasteiger partial charge is 0.257 e. The van der Waals surface area contributed by atoms with E-state index in [1.807, 2.05) is 0 Å². The van der Waals surface area contributed by atoms with Gasteiger partial charge in [-0.1, -0.05) is 24.3 Å². The van der Waals surface area contributed by atoms with E-state index >= 15 is 0 Å². The number of phenolic OH excluding ortho intramolecular Hbond substituents is 1. The highest BCUT2D eigenvalue weighted by molar-refractivity contribution is 7.50. The maximum Gasteiger partial charge on any atom is 0.257 e. The number of hydrogen-bond donors (Lipinski definition) is 1. The third kappa shape index (κ3) is 1.86. The van der Waals surface area contributed by atoms with Gasteiger partial charge in [-0.15, -0.1) is 0 Å². The minimum absolute atomic E-state index is 0.584. The molecule has 0 spiro atoms. The molecule has 0 saturated heterocycles. The van der Waals surface area contributed by atoms with Crippen molar-refractivity contribution in [1.82, 2.24) is 0 Å². The molecule has 0 aliphatic rings. The summed E-state index contributed by atoms with van der Waals surface area (Å²) < 4.78 is 57.6. The number of halogens is 4. The van der Waals surface area contributed by atoms with Crippen LogP contribution in [0.1, 0.15) is 0 Å². The number of aromatic hydroxyl groups is 1. The molecule has 0 bridgehead atoms. The van der Waals surface area contributed by atoms with E-state index in [-0.39, 0.29) is 0 Å². The maximum atomic E-state index is 14.4. The number of hydrogen-bond acceptors (Lipinski definition) is 1. The molecule has 24 heavy (non-hydrogen) atoms. The lowest BCUT2D eigenvalue weighted by Gasteiger charge is -2.03. The molecule has 0 radical (unpaired) electrons. The number of fused-ring (bicyclic) bond motifs is 3. The molecule has 4 aromatic rings. The topological polar surface area (TPSA) is 20.2 Å². The summed E-state index contributed by atoms with van der Waals surface area (Å²) >= 11 is 0. The summed E-state index contributed by atoms with van der Waals surface area (Å²) in [5.74, 6) is -8.34. The zero-order chi connectivity index (χ0) is 17.0. The summed E-state index contributed by atoms with van der Waals surface area (Å²) in [7, 11) is -1.33. The van der Waals surface area contributed by atoms with E-state index in [1.54, 1.807) is 48.5 Å². The van der Waals surface area contributed by atoms with E-state index in [1.165, 1.54) is 0 Å². The van der Waals surface area contributed by atoms with Crippen LogP contribution < -0.4 is 0 Å². The van der Waals surface area contributed by atoms with E-state index in [4.69, 9.17) is 0 Å². The molecule has 0 aliphatic carbocycles. The standard InChI is InChI=1S/C18H8F4OS/c19-13-15(21)18(16(22)14(20)17(13)23)24-11-7-3-1-5-9(11)10-6-2-4-8-12(10)24/h1-8H/p+1. The summed E-state index contributed by atoms with van der Waals surface area (Å²) in [5.41, 5.74) is 0. The molecule has 0 fully saturated rings. The third-order valence-electron chi connectivity index (χ3n) is 3.91. The molecule has 1 nitrogen and oxygen atoms in total. The fraction of sp³-hybridized carbons (Fsp3) is 0. The molecule has 0 saturated carbocycles. The van der Waals surface area contributed by atoms with Gasteiger partial charge in [0.15, 0.2) is 15.1 Å². The van der Waals surface area contributed by atoms with Crippen molar-refractivity contribution in [2.45, 2.75) is 0 Å². The molecule has 0 atom stereocenters. The zero-order valence-corrected chi connectivity index (χ0v) is 12.8. The molecular formula is C18H9F4OS+. The fourth-order valence-electron chi connectivity index (χ4n) is 2.85. The molecule has 0 amide bonds. The van der Waals surface area contributed by atoms with Crippen LogP contribution in [0.3, 0.4) is 0 Å². The van der Waals surface area contributed by atoms with Gasteiger partial charge in [0.2, 0.25) is 23.3 Å². The Morgan fingerprint density at radius 2 is 1.04 bits per heavy atom. The maximum absolute atomic E-state index is 14.4. The van der Waals surface area contributed by atoms with Gasteiger partial charge in [-0.05, 0) is 24.3 Å². The van der Waals surface area contributed by atoms with Crippen LogP contribution in [-0.4, -0.2) is 5.11 Å². The Morgan fingerprint density at radius 3 is 1.50 bits per heavy atom. The Hall–Kier alpha value is -2.60. The first-order valence-electron chi connectivity index (χ1n) is 7.00. The summed E-state index contributed by atoms with van der Waals surface area (Å²) in [6, 6.07) is 13.9. The average molecular weight is 349 g/mol. The molecule has 1 aromatic heterocycles. The minimum Gasteiger partial charge on any atom is -0.503 e. The Labute approximate surface area is 136 Å². The van der Waals surface area contributed by atoms with Gasteiger partial charge in [0, 0.05) is 21.2 Å². The van der Waals surface area contributed by atoms with E-state index < -0.39 is 44.4 Å². The summed E-state index contributed by atoms with van der Waals surface area (Å²) in [6.45, 7) is 0. The molecule has 0 unspecified atom stereocenters. The van der Waals surface area contributed by atoms with Crippen LogP contribution in [0.25, 0.3) is 25.1 Å². The number of phenols is 1. The SMILES string of the molecule is Oc1c(F)c(F)c(-[s+]2c3ccccc3c3ccccc32)c(F)c1F. The second-order valence-electron chi connectivity index (χ2n) is 5.23. The lowest BCUT2D eigenvalue weighted by Crippen LogP contribution is -1.97.